The van der Waals surface area contributed by atoms with E-state index in [9.17, 15) is 33.6 Å². The molecule has 0 aliphatic carbocycles. The number of amides is 6. The Bertz CT molecular complexity index is 1190. The lowest BCUT2D eigenvalue weighted by Gasteiger charge is -2.32. The van der Waals surface area contributed by atoms with Crippen LogP contribution >= 0.6 is 0 Å². The van der Waals surface area contributed by atoms with Crippen molar-refractivity contribution in [3.8, 4) is 0 Å². The summed E-state index contributed by atoms with van der Waals surface area (Å²) in [6, 6.07) is -5.14. The molecule has 0 aliphatic heterocycles. The van der Waals surface area contributed by atoms with Gasteiger partial charge in [0.15, 0.2) is 0 Å². The summed E-state index contributed by atoms with van der Waals surface area (Å²) in [5, 5.41) is 15.9. The van der Waals surface area contributed by atoms with Crippen molar-refractivity contribution in [1.82, 2.24) is 31.9 Å². The second-order valence-corrected chi connectivity index (χ2v) is 15.8. The first-order valence-corrected chi connectivity index (χ1v) is 17.3. The van der Waals surface area contributed by atoms with Crippen LogP contribution in [-0.2, 0) is 38.2 Å². The van der Waals surface area contributed by atoms with Crippen LogP contribution in [0.4, 0.5) is 4.79 Å². The normalized spacial score (nSPS) is 14.9. The van der Waals surface area contributed by atoms with Gasteiger partial charge >= 0.3 is 12.1 Å². The van der Waals surface area contributed by atoms with Gasteiger partial charge in [-0.05, 0) is 78.1 Å². The highest BCUT2D eigenvalue weighted by molar-refractivity contribution is 5.97. The van der Waals surface area contributed by atoms with Gasteiger partial charge in [-0.1, -0.05) is 55.4 Å². The molecule has 0 bridgehead atoms. The third-order valence-electron chi connectivity index (χ3n) is 7.47. The van der Waals surface area contributed by atoms with Gasteiger partial charge in [-0.3, -0.25) is 24.0 Å². The van der Waals surface area contributed by atoms with Crippen molar-refractivity contribution in [3.05, 3.63) is 0 Å². The number of rotatable bonds is 18. The number of carbonyl (C=O) groups excluding carboxylic acids is 7. The Labute approximate surface area is 298 Å². The molecule has 0 aliphatic rings. The Morgan fingerprint density at radius 2 is 1.04 bits per heavy atom. The highest BCUT2D eigenvalue weighted by Crippen LogP contribution is 2.13. The zero-order valence-corrected chi connectivity index (χ0v) is 32.8. The van der Waals surface area contributed by atoms with Crippen LogP contribution in [0.2, 0.25) is 0 Å². The summed E-state index contributed by atoms with van der Waals surface area (Å²) in [5.41, 5.74) is -2.24. The molecule has 0 fully saturated rings. The molecule has 50 heavy (non-hydrogen) atoms. The van der Waals surface area contributed by atoms with Crippen LogP contribution in [0.15, 0.2) is 0 Å². The van der Waals surface area contributed by atoms with Gasteiger partial charge in [-0.25, -0.2) is 9.59 Å². The Kier molecular flexibility index (Phi) is 18.5. The first kappa shape index (κ1) is 46.1. The van der Waals surface area contributed by atoms with Crippen molar-refractivity contribution in [3.63, 3.8) is 0 Å². The quantitative estimate of drug-likeness (QED) is 0.115. The van der Waals surface area contributed by atoms with E-state index in [1.165, 1.54) is 27.9 Å². The summed E-state index contributed by atoms with van der Waals surface area (Å²) >= 11 is 0. The fourth-order valence-corrected chi connectivity index (χ4v) is 4.71. The van der Waals surface area contributed by atoms with Gasteiger partial charge in [0.2, 0.25) is 29.5 Å². The molecule has 0 spiro atoms. The first-order chi connectivity index (χ1) is 22.7. The molecule has 0 unspecified atom stereocenters. The van der Waals surface area contributed by atoms with Crippen LogP contribution in [0.5, 0.6) is 0 Å². The average molecular weight is 713 g/mol. The first-order valence-electron chi connectivity index (χ1n) is 17.3. The Hall–Kier alpha value is -3.91. The molecule has 288 valence electrons. The maximum atomic E-state index is 13.6. The van der Waals surface area contributed by atoms with E-state index in [4.69, 9.17) is 9.47 Å². The summed E-state index contributed by atoms with van der Waals surface area (Å²) in [6.07, 6.45) is -0.256. The van der Waals surface area contributed by atoms with Crippen LogP contribution in [-0.4, -0.2) is 90.1 Å². The van der Waals surface area contributed by atoms with E-state index in [2.05, 4.69) is 31.9 Å². The number of methoxy groups -OCH3 is 1. The number of carbonyl (C=O) groups is 7. The second-order valence-electron chi connectivity index (χ2n) is 15.8. The largest absolute Gasteiger partial charge is 0.467 e. The molecule has 0 aromatic heterocycles. The van der Waals surface area contributed by atoms with Gasteiger partial charge in [0.1, 0.15) is 41.3 Å². The lowest BCUT2D eigenvalue weighted by Crippen LogP contribution is -2.63. The number of alkyl carbamates (subject to hydrolysis) is 1. The third kappa shape index (κ3) is 16.7. The summed E-state index contributed by atoms with van der Waals surface area (Å²) in [4.78, 5) is 91.2. The van der Waals surface area contributed by atoms with Crippen molar-refractivity contribution in [2.45, 2.75) is 151 Å². The lowest BCUT2D eigenvalue weighted by molar-refractivity contribution is -0.147. The molecular weight excluding hydrogens is 648 g/mol. The molecule has 15 heteroatoms. The molecule has 0 aromatic carbocycles. The predicted molar refractivity (Wildman–Crippen MR) is 189 cm³/mol. The van der Waals surface area contributed by atoms with Gasteiger partial charge in [-0.15, -0.1) is 0 Å². The van der Waals surface area contributed by atoms with E-state index < -0.39 is 88.9 Å². The molecule has 0 rings (SSSR count). The van der Waals surface area contributed by atoms with Crippen molar-refractivity contribution < 1.29 is 43.0 Å². The molecule has 5 atom stereocenters. The van der Waals surface area contributed by atoms with Gasteiger partial charge in [0, 0.05) is 0 Å². The van der Waals surface area contributed by atoms with E-state index in [-0.39, 0.29) is 30.6 Å². The van der Waals surface area contributed by atoms with E-state index in [1.54, 1.807) is 48.5 Å². The molecule has 6 amide bonds. The van der Waals surface area contributed by atoms with Crippen molar-refractivity contribution in [1.29, 1.82) is 0 Å². The van der Waals surface area contributed by atoms with Crippen molar-refractivity contribution >= 4 is 41.6 Å². The third-order valence-corrected chi connectivity index (χ3v) is 7.47. The number of ether oxygens (including phenoxy) is 2. The van der Waals surface area contributed by atoms with Crippen LogP contribution in [0.3, 0.4) is 0 Å². The molecule has 15 nitrogen and oxygen atoms in total. The van der Waals surface area contributed by atoms with E-state index in [0.29, 0.717) is 0 Å². The minimum absolute atomic E-state index is 0.0339. The summed E-state index contributed by atoms with van der Waals surface area (Å²) in [5.74, 6) is -4.45. The van der Waals surface area contributed by atoms with E-state index in [1.807, 2.05) is 27.7 Å². The van der Waals surface area contributed by atoms with Crippen LogP contribution < -0.4 is 31.9 Å². The summed E-state index contributed by atoms with van der Waals surface area (Å²) < 4.78 is 10.1. The zero-order chi connectivity index (χ0) is 39.3. The fraction of sp³-hybridized carbons (Fsp3) is 0.800. The van der Waals surface area contributed by atoms with Gasteiger partial charge in [0.25, 0.3) is 0 Å². The average Bonchev–Trinajstić information content (AvgIpc) is 2.94. The Morgan fingerprint density at radius 1 is 0.560 bits per heavy atom. The van der Waals surface area contributed by atoms with Gasteiger partial charge < -0.3 is 41.4 Å². The monoisotopic (exact) mass is 712 g/mol. The molecule has 0 saturated carbocycles. The number of nitrogens with one attached hydrogen (secondary N) is 6. The Morgan fingerprint density at radius 3 is 1.46 bits per heavy atom. The minimum Gasteiger partial charge on any atom is -0.467 e. The predicted octanol–water partition coefficient (Wildman–Crippen LogP) is 2.31. The molecule has 0 heterocycles. The smallest absolute Gasteiger partial charge is 0.408 e. The maximum absolute atomic E-state index is 13.6. The maximum Gasteiger partial charge on any atom is 0.408 e. The molecule has 0 radical (unpaired) electrons. The van der Waals surface area contributed by atoms with E-state index in [0.717, 1.165) is 0 Å². The summed E-state index contributed by atoms with van der Waals surface area (Å²) in [6.45, 7) is 23.9. The second kappa shape index (κ2) is 20.1. The van der Waals surface area contributed by atoms with E-state index >= 15 is 0 Å². The van der Waals surface area contributed by atoms with Crippen LogP contribution in [0.25, 0.3) is 0 Å². The topological polar surface area (TPSA) is 210 Å². The van der Waals surface area contributed by atoms with Crippen molar-refractivity contribution in [2.75, 3.05) is 7.11 Å². The highest BCUT2D eigenvalue weighted by Gasteiger charge is 2.37. The lowest BCUT2D eigenvalue weighted by atomic mass is 9.97. The van der Waals surface area contributed by atoms with Crippen LogP contribution in [0.1, 0.15) is 110 Å². The van der Waals surface area contributed by atoms with Crippen LogP contribution in [0, 0.1) is 23.7 Å². The molecule has 6 N–H and O–H groups in total. The number of hydrogen-bond acceptors (Lipinski definition) is 9. The number of hydrogen-bond donors (Lipinski definition) is 6. The molecular formula is C35H64N6O9. The molecule has 0 saturated heterocycles. The molecule has 0 aromatic rings. The summed E-state index contributed by atoms with van der Waals surface area (Å²) in [7, 11) is 1.22. The zero-order valence-electron chi connectivity index (χ0n) is 32.8. The number of esters is 1. The van der Waals surface area contributed by atoms with Crippen molar-refractivity contribution in [2.24, 2.45) is 23.7 Å². The minimum atomic E-state index is -1.47. The highest BCUT2D eigenvalue weighted by atomic mass is 16.6. The Balaban J connectivity index is 5.81. The van der Waals surface area contributed by atoms with Gasteiger partial charge in [0.05, 0.1) is 7.11 Å². The standard InChI is InChI=1S/C35H64N6O9/c1-18(2)16-23(38-33(48)50-34(10,11)12)28(43)36-22(9)27(42)39-25(20(5)6)30(45)37-24(17-19(3)4)29(44)41-35(13,14)32(47)40-26(21(7)8)31(46)49-15/h18-26H,16-17H2,1-15H3,(H,36,43)(H,37,45)(H,38,48)(H,39,42)(H,40,47)(H,41,44)/t22-,23+,24+,25+,26+/m1/s1. The SMILES string of the molecule is COC(=O)[C@@H](NC(=O)C(C)(C)NC(=O)[C@H](CC(C)C)NC(=O)[C@@H](NC(=O)[C@@H](C)NC(=O)[C@H](CC(C)C)NC(=O)OC(C)(C)C)C(C)C)C(C)C. The fourth-order valence-electron chi connectivity index (χ4n) is 4.71. The van der Waals surface area contributed by atoms with Gasteiger partial charge in [-0.2, -0.15) is 0 Å².